The van der Waals surface area contributed by atoms with E-state index < -0.39 is 121 Å². The summed E-state index contributed by atoms with van der Waals surface area (Å²) in [6.45, 7) is 2.64. The summed E-state index contributed by atoms with van der Waals surface area (Å²) in [7, 11) is -4.77. The van der Waals surface area contributed by atoms with Crippen molar-refractivity contribution in [2.75, 3.05) is 0 Å². The van der Waals surface area contributed by atoms with Crippen LogP contribution in [-0.2, 0) is 45.9 Å². The van der Waals surface area contributed by atoms with Gasteiger partial charge in [-0.05, 0) is 75.6 Å². The molecular formula is C33H29F9O6S. The number of hydrogen-bond donors (Lipinski definition) is 0. The van der Waals surface area contributed by atoms with Gasteiger partial charge in [0.1, 0.15) is 39.5 Å². The van der Waals surface area contributed by atoms with Crippen molar-refractivity contribution >= 4 is 21.6 Å². The van der Waals surface area contributed by atoms with E-state index in [1.165, 1.54) is 20.8 Å². The number of halogens is 9. The topological polar surface area (TPSA) is 86.7 Å². The van der Waals surface area contributed by atoms with Gasteiger partial charge in [-0.1, -0.05) is 30.3 Å². The summed E-state index contributed by atoms with van der Waals surface area (Å²) in [4.78, 5) is 25.5. The Hall–Kier alpha value is -3.92. The first kappa shape index (κ1) is 37.9. The van der Waals surface area contributed by atoms with E-state index >= 15 is 0 Å². The smallest absolute Gasteiger partial charge is 0.430 e. The molecule has 0 N–H and O–H groups in total. The lowest BCUT2D eigenvalue weighted by Crippen LogP contribution is -2.56. The molecule has 1 saturated carbocycles. The minimum atomic E-state index is -6.27. The second kappa shape index (κ2) is 13.1. The lowest BCUT2D eigenvalue weighted by atomic mass is 9.75. The first-order valence-corrected chi connectivity index (χ1v) is 16.0. The minimum Gasteiger partial charge on any atom is -0.459 e. The molecule has 0 saturated heterocycles. The summed E-state index contributed by atoms with van der Waals surface area (Å²) in [6.07, 6.45) is -14.5. The van der Waals surface area contributed by atoms with E-state index in [9.17, 15) is 57.5 Å². The van der Waals surface area contributed by atoms with Crippen LogP contribution >= 0.6 is 0 Å². The molecule has 3 aromatic carbocycles. The van der Waals surface area contributed by atoms with Crippen molar-refractivity contribution in [2.45, 2.75) is 79.8 Å². The summed E-state index contributed by atoms with van der Waals surface area (Å²) >= 11 is 0. The second-order valence-corrected chi connectivity index (χ2v) is 14.7. The number of carbonyl (C=O) groups is 2. The fraction of sp³-hybridized carbons (Fsp3) is 0.394. The average Bonchev–Trinajstić information content (AvgIpc) is 2.97. The molecule has 1 fully saturated rings. The predicted octanol–water partition coefficient (Wildman–Crippen LogP) is 8.02. The fourth-order valence-electron chi connectivity index (χ4n) is 5.73. The number of Topliss-reactive ketones (excluding diaryl/α,β-unsaturated/α-hetero) is 1. The van der Waals surface area contributed by atoms with Gasteiger partial charge in [0.25, 0.3) is 5.60 Å². The third kappa shape index (κ3) is 7.07. The quantitative estimate of drug-likeness (QED) is 0.101. The Labute approximate surface area is 275 Å². The van der Waals surface area contributed by atoms with E-state index in [4.69, 9.17) is 4.74 Å². The first-order chi connectivity index (χ1) is 22.5. The van der Waals surface area contributed by atoms with Crippen molar-refractivity contribution in [3.05, 3.63) is 101 Å². The Morgan fingerprint density at radius 2 is 1.37 bits per heavy atom. The minimum absolute atomic E-state index is 0.300. The molecule has 2 atom stereocenters. The zero-order valence-corrected chi connectivity index (χ0v) is 26.8. The van der Waals surface area contributed by atoms with Gasteiger partial charge in [0, 0.05) is 17.5 Å². The van der Waals surface area contributed by atoms with Crippen LogP contribution in [0.4, 0.5) is 39.5 Å². The summed E-state index contributed by atoms with van der Waals surface area (Å²) < 4.78 is 165. The molecule has 49 heavy (non-hydrogen) atoms. The van der Waals surface area contributed by atoms with E-state index in [1.807, 2.05) is 0 Å². The van der Waals surface area contributed by atoms with Gasteiger partial charge in [0.2, 0.25) is 0 Å². The molecule has 266 valence electrons. The molecule has 4 rings (SSSR count). The molecule has 16 heteroatoms. The van der Waals surface area contributed by atoms with Crippen molar-refractivity contribution in [2.24, 2.45) is 5.92 Å². The maximum Gasteiger partial charge on any atom is 0.430 e. The van der Waals surface area contributed by atoms with Crippen molar-refractivity contribution < 1.29 is 67.0 Å². The van der Waals surface area contributed by atoms with Gasteiger partial charge in [0.05, 0.1) is 11.5 Å². The van der Waals surface area contributed by atoms with Crippen LogP contribution < -0.4 is 0 Å². The summed E-state index contributed by atoms with van der Waals surface area (Å²) in [5.74, 6) is -7.27. The molecule has 0 radical (unpaired) electrons. The van der Waals surface area contributed by atoms with E-state index in [0.717, 1.165) is 30.3 Å². The Morgan fingerprint density at radius 1 is 0.837 bits per heavy atom. The van der Waals surface area contributed by atoms with Crippen LogP contribution in [0.3, 0.4) is 0 Å². The number of esters is 1. The molecule has 2 unspecified atom stereocenters. The van der Waals surface area contributed by atoms with E-state index in [1.54, 1.807) is 0 Å². The Bertz CT molecular complexity index is 1780. The van der Waals surface area contributed by atoms with E-state index in [0.29, 0.717) is 36.4 Å². The molecule has 0 aliphatic heterocycles. The van der Waals surface area contributed by atoms with Crippen molar-refractivity contribution in [3.8, 4) is 0 Å². The molecule has 3 aromatic rings. The highest BCUT2D eigenvalue weighted by Crippen LogP contribution is 2.55. The van der Waals surface area contributed by atoms with Gasteiger partial charge in [-0.3, -0.25) is 9.59 Å². The normalized spacial score (nSPS) is 19.5. The van der Waals surface area contributed by atoms with Crippen LogP contribution in [0.2, 0.25) is 0 Å². The van der Waals surface area contributed by atoms with Crippen LogP contribution in [0, 0.1) is 23.4 Å². The molecule has 0 bridgehead atoms. The molecular weight excluding hydrogens is 695 g/mol. The lowest BCUT2D eigenvalue weighted by molar-refractivity contribution is -0.392. The molecule has 0 heterocycles. The van der Waals surface area contributed by atoms with Crippen molar-refractivity contribution in [1.82, 2.24) is 0 Å². The predicted molar refractivity (Wildman–Crippen MR) is 155 cm³/mol. The number of hydrogen-bond acceptors (Lipinski definition) is 6. The zero-order valence-electron chi connectivity index (χ0n) is 26.0. The van der Waals surface area contributed by atoms with Crippen LogP contribution in [0.15, 0.2) is 71.6 Å². The standard InChI is InChI=1S/C33H29F9O6S/c1-29(2,3)48-28(44)23-17-30(16-15-27(23)43,49(45,46)22-13-11-21(34)12-14-22)19-7-9-20(10-8-19)31(32(37,38)39,33(40,41)42)47-18-24-25(35)5-4-6-26(24)36/h4-14,23H,15-18H2,1-3H3. The number of carbonyl (C=O) groups excluding carboxylic acids is 2. The Morgan fingerprint density at radius 3 is 1.86 bits per heavy atom. The average molecular weight is 725 g/mol. The number of sulfone groups is 1. The van der Waals surface area contributed by atoms with Gasteiger partial charge < -0.3 is 9.47 Å². The monoisotopic (exact) mass is 724 g/mol. The zero-order chi connectivity index (χ0) is 36.8. The lowest BCUT2D eigenvalue weighted by Gasteiger charge is -2.41. The SMILES string of the molecule is CC(C)(C)OC(=O)C1CC(c2ccc(C(OCc3c(F)cccc3F)(C(F)(F)F)C(F)(F)F)cc2)(S(=O)(=O)c2ccc(F)cc2)CCC1=O. The fourth-order valence-corrected chi connectivity index (χ4v) is 7.88. The number of alkyl halides is 6. The molecule has 1 aliphatic carbocycles. The molecule has 1 aliphatic rings. The van der Waals surface area contributed by atoms with Gasteiger partial charge in [-0.25, -0.2) is 21.6 Å². The highest BCUT2D eigenvalue weighted by Gasteiger charge is 2.73. The first-order valence-electron chi connectivity index (χ1n) is 14.5. The second-order valence-electron chi connectivity index (χ2n) is 12.5. The summed E-state index contributed by atoms with van der Waals surface area (Å²) in [5, 5.41) is 0. The highest BCUT2D eigenvalue weighted by atomic mass is 32.2. The van der Waals surface area contributed by atoms with Crippen LogP contribution in [0.25, 0.3) is 0 Å². The van der Waals surface area contributed by atoms with E-state index in [-0.39, 0.29) is 0 Å². The van der Waals surface area contributed by atoms with Gasteiger partial charge in [-0.15, -0.1) is 0 Å². The maximum atomic E-state index is 14.5. The number of ketones is 1. The van der Waals surface area contributed by atoms with E-state index in [2.05, 4.69) is 4.74 Å². The number of benzene rings is 3. The Balaban J connectivity index is 1.90. The third-order valence-electron chi connectivity index (χ3n) is 8.14. The largest absolute Gasteiger partial charge is 0.459 e. The molecule has 0 aromatic heterocycles. The van der Waals surface area contributed by atoms with Gasteiger partial charge in [0.15, 0.2) is 9.84 Å². The number of ether oxygens (including phenoxy) is 2. The van der Waals surface area contributed by atoms with Gasteiger partial charge in [-0.2, -0.15) is 26.3 Å². The number of rotatable bonds is 8. The maximum absolute atomic E-state index is 14.5. The van der Waals surface area contributed by atoms with Crippen molar-refractivity contribution in [1.29, 1.82) is 0 Å². The highest BCUT2D eigenvalue weighted by molar-refractivity contribution is 7.92. The van der Waals surface area contributed by atoms with Crippen LogP contribution in [-0.4, -0.2) is 38.1 Å². The summed E-state index contributed by atoms with van der Waals surface area (Å²) in [5.41, 5.74) is -9.50. The Kier molecular flexibility index (Phi) is 10.1. The summed E-state index contributed by atoms with van der Waals surface area (Å²) in [6, 6.07) is 7.34. The molecule has 6 nitrogen and oxygen atoms in total. The molecule has 0 amide bonds. The van der Waals surface area contributed by atoms with Crippen LogP contribution in [0.5, 0.6) is 0 Å². The van der Waals surface area contributed by atoms with Gasteiger partial charge >= 0.3 is 18.3 Å². The van der Waals surface area contributed by atoms with Crippen LogP contribution in [0.1, 0.15) is 56.7 Å². The molecule has 0 spiro atoms. The third-order valence-corrected chi connectivity index (χ3v) is 10.7. The van der Waals surface area contributed by atoms with Crippen molar-refractivity contribution in [3.63, 3.8) is 0 Å².